The third kappa shape index (κ3) is 7.46. The Morgan fingerprint density at radius 1 is 1.25 bits per heavy atom. The Labute approximate surface area is 116 Å². The lowest BCUT2D eigenvalue weighted by molar-refractivity contribution is -0.126. The lowest BCUT2D eigenvalue weighted by Gasteiger charge is -2.05. The van der Waals surface area contributed by atoms with Crippen LogP contribution in [0.5, 0.6) is 0 Å². The van der Waals surface area contributed by atoms with Gasteiger partial charge < -0.3 is 16.8 Å². The molecule has 9 heteroatoms. The highest BCUT2D eigenvalue weighted by atomic mass is 32.2. The minimum absolute atomic E-state index is 0.0666. The number of carbonyl (C=O) groups excluding carboxylic acids is 2. The number of hydrogen-bond donors (Lipinski definition) is 4. The van der Waals surface area contributed by atoms with Crippen molar-refractivity contribution in [2.45, 2.75) is 24.9 Å². The Morgan fingerprint density at radius 2 is 1.70 bits per heavy atom. The van der Waals surface area contributed by atoms with E-state index in [0.717, 1.165) is 5.56 Å². The van der Waals surface area contributed by atoms with Crippen molar-refractivity contribution in [1.82, 2.24) is 5.32 Å². The van der Waals surface area contributed by atoms with Gasteiger partial charge in [-0.2, -0.15) is 8.42 Å². The Bertz CT molecular complexity index is 568. The third-order valence-electron chi connectivity index (χ3n) is 1.98. The van der Waals surface area contributed by atoms with E-state index in [4.69, 9.17) is 16.0 Å². The molecule has 0 saturated heterocycles. The monoisotopic (exact) mass is 303 g/mol. The van der Waals surface area contributed by atoms with Gasteiger partial charge in [0.1, 0.15) is 0 Å². The van der Waals surface area contributed by atoms with Crippen LogP contribution in [0.3, 0.4) is 0 Å². The Kier molecular flexibility index (Phi) is 6.83. The van der Waals surface area contributed by atoms with Gasteiger partial charge in [-0.3, -0.25) is 14.1 Å². The summed E-state index contributed by atoms with van der Waals surface area (Å²) in [5.74, 6) is -1.12. The molecule has 0 heterocycles. The van der Waals surface area contributed by atoms with Gasteiger partial charge in [-0.15, -0.1) is 0 Å². The normalized spacial score (nSPS) is 11.8. The van der Waals surface area contributed by atoms with Crippen LogP contribution < -0.4 is 16.8 Å². The predicted octanol–water partition coefficient (Wildman–Crippen LogP) is -0.866. The standard InChI is InChI=1S/C7H8O3S.C4H9N3O2/c1-6-2-4-7(5-3-6)11(8,9)10;1-2(8)7-3(5)4(6)9/h2-5H,1H3,(H,8,9,10);3H,5H2,1H3,(H2,6,9)(H,7,8). The van der Waals surface area contributed by atoms with E-state index in [2.05, 4.69) is 5.32 Å². The number of aryl methyl sites for hydroxylation is 1. The number of nitrogens with two attached hydrogens (primary N) is 2. The molecule has 0 aliphatic carbocycles. The van der Waals surface area contributed by atoms with Crippen LogP contribution in [0.2, 0.25) is 0 Å². The number of carbonyl (C=O) groups is 2. The van der Waals surface area contributed by atoms with Gasteiger partial charge in [-0.25, -0.2) is 0 Å². The molecule has 0 aromatic heterocycles. The number of benzene rings is 1. The highest BCUT2D eigenvalue weighted by Gasteiger charge is 2.08. The summed E-state index contributed by atoms with van der Waals surface area (Å²) in [4.78, 5) is 20.2. The molecular formula is C11H17N3O5S. The first-order chi connectivity index (χ1) is 9.04. The van der Waals surface area contributed by atoms with Gasteiger partial charge in [0, 0.05) is 6.92 Å². The maximum absolute atomic E-state index is 10.5. The van der Waals surface area contributed by atoms with Gasteiger partial charge in [-0.05, 0) is 19.1 Å². The van der Waals surface area contributed by atoms with E-state index < -0.39 is 22.2 Å². The lowest BCUT2D eigenvalue weighted by Crippen LogP contribution is -2.49. The minimum atomic E-state index is -4.02. The number of amides is 2. The van der Waals surface area contributed by atoms with Crippen LogP contribution in [0.25, 0.3) is 0 Å². The fraction of sp³-hybridized carbons (Fsp3) is 0.273. The van der Waals surface area contributed by atoms with Crippen molar-refractivity contribution in [1.29, 1.82) is 0 Å². The van der Waals surface area contributed by atoms with E-state index >= 15 is 0 Å². The third-order valence-corrected chi connectivity index (χ3v) is 2.85. The maximum atomic E-state index is 10.5. The Morgan fingerprint density at radius 3 is 1.95 bits per heavy atom. The lowest BCUT2D eigenvalue weighted by atomic mass is 10.2. The van der Waals surface area contributed by atoms with Crippen molar-refractivity contribution >= 4 is 21.9 Å². The van der Waals surface area contributed by atoms with Crippen molar-refractivity contribution in [3.63, 3.8) is 0 Å². The summed E-state index contributed by atoms with van der Waals surface area (Å²) >= 11 is 0. The van der Waals surface area contributed by atoms with Gasteiger partial charge in [0.15, 0.2) is 6.17 Å². The van der Waals surface area contributed by atoms with Crippen LogP contribution in [0.15, 0.2) is 29.2 Å². The minimum Gasteiger partial charge on any atom is -0.367 e. The summed E-state index contributed by atoms with van der Waals surface area (Å²) < 4.78 is 29.6. The molecule has 20 heavy (non-hydrogen) atoms. The first kappa shape index (κ1) is 18.0. The van der Waals surface area contributed by atoms with Crippen molar-refractivity contribution in [3.8, 4) is 0 Å². The molecule has 112 valence electrons. The second kappa shape index (κ2) is 7.58. The molecule has 0 fully saturated rings. The molecule has 6 N–H and O–H groups in total. The molecule has 1 atom stereocenters. The highest BCUT2D eigenvalue weighted by Crippen LogP contribution is 2.08. The average Bonchev–Trinajstić information content (AvgIpc) is 2.28. The van der Waals surface area contributed by atoms with Crippen LogP contribution in [-0.2, 0) is 19.7 Å². The van der Waals surface area contributed by atoms with Crippen LogP contribution in [-0.4, -0.2) is 31.0 Å². The summed E-state index contributed by atoms with van der Waals surface area (Å²) in [5.41, 5.74) is 10.7. The summed E-state index contributed by atoms with van der Waals surface area (Å²) in [6, 6.07) is 5.99. The quantitative estimate of drug-likeness (QED) is 0.421. The molecule has 2 amide bonds. The van der Waals surface area contributed by atoms with Crippen LogP contribution in [0.1, 0.15) is 12.5 Å². The van der Waals surface area contributed by atoms with E-state index in [0.29, 0.717) is 0 Å². The predicted molar refractivity (Wildman–Crippen MR) is 72.0 cm³/mol. The smallest absolute Gasteiger partial charge is 0.294 e. The van der Waals surface area contributed by atoms with Crippen molar-refractivity contribution in [2.24, 2.45) is 11.5 Å². The second-order valence-corrected chi connectivity index (χ2v) is 5.29. The molecule has 0 aliphatic rings. The van der Waals surface area contributed by atoms with Crippen LogP contribution in [0.4, 0.5) is 0 Å². The van der Waals surface area contributed by atoms with E-state index in [1.807, 2.05) is 6.92 Å². The Hall–Kier alpha value is -1.97. The molecule has 0 radical (unpaired) electrons. The van der Waals surface area contributed by atoms with E-state index in [9.17, 15) is 18.0 Å². The second-order valence-electron chi connectivity index (χ2n) is 3.87. The van der Waals surface area contributed by atoms with Gasteiger partial charge in [0.05, 0.1) is 4.90 Å². The van der Waals surface area contributed by atoms with Crippen LogP contribution in [0, 0.1) is 6.92 Å². The van der Waals surface area contributed by atoms with Gasteiger partial charge in [0.2, 0.25) is 5.91 Å². The average molecular weight is 303 g/mol. The van der Waals surface area contributed by atoms with Gasteiger partial charge in [0.25, 0.3) is 16.0 Å². The zero-order valence-electron chi connectivity index (χ0n) is 11.0. The summed E-state index contributed by atoms with van der Waals surface area (Å²) in [6.07, 6.45) is -1.07. The molecule has 8 nitrogen and oxygen atoms in total. The zero-order chi connectivity index (χ0) is 15.9. The molecule has 1 unspecified atom stereocenters. The van der Waals surface area contributed by atoms with Crippen molar-refractivity contribution in [3.05, 3.63) is 29.8 Å². The SMILES string of the molecule is CC(=O)NC(N)C(N)=O.Cc1ccc(S(=O)(=O)O)cc1. The topological polar surface area (TPSA) is 153 Å². The number of primary amides is 1. The summed E-state index contributed by atoms with van der Waals surface area (Å²) in [5, 5.41) is 2.11. The number of nitrogens with one attached hydrogen (secondary N) is 1. The Balaban J connectivity index is 0.000000370. The van der Waals surface area contributed by atoms with Crippen molar-refractivity contribution in [2.75, 3.05) is 0 Å². The van der Waals surface area contributed by atoms with Crippen LogP contribution >= 0.6 is 0 Å². The van der Waals surface area contributed by atoms with Gasteiger partial charge in [-0.1, -0.05) is 17.7 Å². The maximum Gasteiger partial charge on any atom is 0.294 e. The molecule has 1 rings (SSSR count). The van der Waals surface area contributed by atoms with Crippen molar-refractivity contribution < 1.29 is 22.6 Å². The van der Waals surface area contributed by atoms with E-state index in [1.54, 1.807) is 12.1 Å². The molecule has 0 bridgehead atoms. The van der Waals surface area contributed by atoms with Gasteiger partial charge >= 0.3 is 0 Å². The van der Waals surface area contributed by atoms with E-state index in [1.165, 1.54) is 19.1 Å². The largest absolute Gasteiger partial charge is 0.367 e. The summed E-state index contributed by atoms with van der Waals surface area (Å²) in [6.45, 7) is 3.09. The highest BCUT2D eigenvalue weighted by molar-refractivity contribution is 7.85. The fourth-order valence-electron chi connectivity index (χ4n) is 1.00. The molecule has 0 aliphatic heterocycles. The number of rotatable bonds is 3. The molecule has 1 aromatic carbocycles. The van der Waals surface area contributed by atoms with E-state index in [-0.39, 0.29) is 10.8 Å². The first-order valence-corrected chi connectivity index (χ1v) is 6.84. The zero-order valence-corrected chi connectivity index (χ0v) is 11.8. The molecule has 0 spiro atoms. The fourth-order valence-corrected chi connectivity index (χ4v) is 1.48. The first-order valence-electron chi connectivity index (χ1n) is 5.40. The summed E-state index contributed by atoms with van der Waals surface area (Å²) in [7, 11) is -4.02. The molecule has 1 aromatic rings. The molecule has 0 saturated carbocycles. The molecular weight excluding hydrogens is 286 g/mol. The number of hydrogen-bond acceptors (Lipinski definition) is 5.